The molecule has 4 aromatic heterocycles. The standard InChI is InChI=1S/C60H88N2O.C58H84N2O/c1-5-9-13-17-21-47-25-31-53(32-26-47)59(55-39-35-51(36-40-55)57-43-29-49(45-61-57)23-19-15-11-7-3)63-60(54-33-27-48(28-34-54)22-18-14-10-6-2)56-41-37-52(38-42-56)58-44-30-50(46-62-58)24-20-16-12-8-4;1-5-9-13-17-21-47-27-41-55(59-43-47)49-33-37-53(38-34-49)57(51-29-23-45(24-30-51)19-15-11-7-3)61-58(52-31-25-46(26-32-52)20-16-12-8-4)54-39-35-50(36-40-54)56-42-28-48(44-60-56)22-18-14-10-6-2/h29-30,35-48,53-54,59-60H,5-28,31-34H2,1-4H3;27-28,33-46,51-52,57-58H,5-26,29-32H2,1-4H3/t47-,48-,53-,54-,59?,60?;45-,46-,51-,52-,57?,58?. The highest BCUT2D eigenvalue weighted by Gasteiger charge is 2.39. The van der Waals surface area contributed by atoms with E-state index in [2.05, 4.69) is 226 Å². The van der Waals surface area contributed by atoms with Gasteiger partial charge < -0.3 is 9.47 Å². The highest BCUT2D eigenvalue weighted by Crippen LogP contribution is 2.51. The summed E-state index contributed by atoms with van der Waals surface area (Å²) in [6.07, 6.45) is 79.5. The Morgan fingerprint density at radius 2 is 0.395 bits per heavy atom. The van der Waals surface area contributed by atoms with Crippen LogP contribution in [0.2, 0.25) is 0 Å². The summed E-state index contributed by atoms with van der Waals surface area (Å²) >= 11 is 0. The van der Waals surface area contributed by atoms with Gasteiger partial charge in [-0.2, -0.15) is 0 Å². The van der Waals surface area contributed by atoms with Gasteiger partial charge >= 0.3 is 0 Å². The van der Waals surface area contributed by atoms with Gasteiger partial charge in [0.2, 0.25) is 0 Å². The summed E-state index contributed by atoms with van der Waals surface area (Å²) in [7, 11) is 0. The van der Waals surface area contributed by atoms with Crippen molar-refractivity contribution in [3.05, 3.63) is 215 Å². The van der Waals surface area contributed by atoms with E-state index in [0.29, 0.717) is 23.7 Å². The zero-order valence-corrected chi connectivity index (χ0v) is 79.9. The number of nitrogens with zero attached hydrogens (tertiary/aromatic N) is 4. The molecule has 0 amide bonds. The third kappa shape index (κ3) is 32.6. The third-order valence-electron chi connectivity index (χ3n) is 29.9. The molecular formula is C118H172N4O2. The third-order valence-corrected chi connectivity index (χ3v) is 29.9. The number of ether oxygens (including phenoxy) is 2. The van der Waals surface area contributed by atoms with Crippen molar-refractivity contribution in [1.29, 1.82) is 0 Å². The number of pyridine rings is 4. The van der Waals surface area contributed by atoms with E-state index in [1.165, 1.54) is 388 Å². The number of unbranched alkanes of at least 4 members (excludes halogenated alkanes) is 22. The van der Waals surface area contributed by atoms with Gasteiger partial charge in [0, 0.05) is 47.0 Å². The minimum atomic E-state index is 0.0847. The monoisotopic (exact) mass is 1680 g/mol. The SMILES string of the molecule is CCCCCCc1ccc(-c2ccc(C(OC(c3ccc(-c4ccc(CCCCCC)cn4)cc3)[C@H]3CC[C@H](CCCCC)CC3)[C@H]3CC[C@H](CCCCC)CC3)cc2)nc1.CCCCCCc1ccc(-c2ccc(C(OC(c3ccc(-c4ccc(CCCCCC)cn4)cc3)[C@H]3CC[C@H](CCCCCC)CC3)[C@H]3CC[C@H](CCCCCC)CC3)cc2)nc1. The number of rotatable bonds is 54. The Hall–Kier alpha value is -6.60. The van der Waals surface area contributed by atoms with Crippen LogP contribution in [0.25, 0.3) is 45.0 Å². The molecule has 4 aromatic carbocycles. The minimum Gasteiger partial charge on any atom is -0.365 e. The fourth-order valence-corrected chi connectivity index (χ4v) is 21.7. The van der Waals surface area contributed by atoms with E-state index in [1.54, 1.807) is 0 Å². The molecule has 0 spiro atoms. The number of aryl methyl sites for hydroxylation is 4. The van der Waals surface area contributed by atoms with Gasteiger partial charge in [-0.3, -0.25) is 19.9 Å². The molecule has 4 saturated carbocycles. The van der Waals surface area contributed by atoms with Crippen molar-refractivity contribution in [3.63, 3.8) is 0 Å². The van der Waals surface area contributed by atoms with Crippen molar-refractivity contribution >= 4 is 0 Å². The fourth-order valence-electron chi connectivity index (χ4n) is 21.7. The lowest BCUT2D eigenvalue weighted by Gasteiger charge is -2.40. The molecule has 0 saturated heterocycles. The van der Waals surface area contributed by atoms with Crippen molar-refractivity contribution in [3.8, 4) is 45.0 Å². The number of hydrogen-bond acceptors (Lipinski definition) is 6. The van der Waals surface area contributed by atoms with Crippen LogP contribution in [0.3, 0.4) is 0 Å². The molecule has 0 bridgehead atoms. The lowest BCUT2D eigenvalue weighted by molar-refractivity contribution is -0.0908. The Balaban J connectivity index is 0.000000241. The summed E-state index contributed by atoms with van der Waals surface area (Å²) in [6.45, 7) is 18.4. The van der Waals surface area contributed by atoms with Crippen LogP contribution >= 0.6 is 0 Å². The lowest BCUT2D eigenvalue weighted by Crippen LogP contribution is -2.28. The molecule has 0 aliphatic heterocycles. The first-order valence-electron chi connectivity index (χ1n) is 52.7. The number of aromatic nitrogens is 4. The summed E-state index contributed by atoms with van der Waals surface area (Å²) in [5, 5.41) is 0. The highest BCUT2D eigenvalue weighted by atomic mass is 16.5. The molecule has 6 heteroatoms. The molecule has 4 fully saturated rings. The van der Waals surface area contributed by atoms with E-state index < -0.39 is 0 Å². The Kier molecular flexibility index (Phi) is 44.8. The number of benzene rings is 4. The molecule has 4 aliphatic carbocycles. The van der Waals surface area contributed by atoms with E-state index in [1.807, 2.05) is 0 Å². The second-order valence-corrected chi connectivity index (χ2v) is 39.7. The molecule has 4 atom stereocenters. The maximum atomic E-state index is 7.80. The van der Waals surface area contributed by atoms with E-state index in [4.69, 9.17) is 29.4 Å². The Morgan fingerprint density at radius 3 is 0.581 bits per heavy atom. The second-order valence-electron chi connectivity index (χ2n) is 39.7. The molecule has 12 rings (SSSR count). The number of hydrogen-bond donors (Lipinski definition) is 0. The summed E-state index contributed by atoms with van der Waals surface area (Å²) < 4.78 is 15.6. The van der Waals surface area contributed by atoms with Crippen LogP contribution in [0.5, 0.6) is 0 Å². The van der Waals surface area contributed by atoms with Gasteiger partial charge in [0.25, 0.3) is 0 Å². The van der Waals surface area contributed by atoms with Gasteiger partial charge in [0.05, 0.1) is 47.2 Å². The predicted molar refractivity (Wildman–Crippen MR) is 531 cm³/mol. The largest absolute Gasteiger partial charge is 0.365 e. The van der Waals surface area contributed by atoms with Crippen LogP contribution < -0.4 is 0 Å². The van der Waals surface area contributed by atoms with Crippen molar-refractivity contribution in [1.82, 2.24) is 19.9 Å². The van der Waals surface area contributed by atoms with Gasteiger partial charge in [0.1, 0.15) is 0 Å². The van der Waals surface area contributed by atoms with Gasteiger partial charge in [-0.05, 0) is 219 Å². The molecule has 0 radical (unpaired) electrons. The summed E-state index contributed by atoms with van der Waals surface area (Å²) in [5.41, 5.74) is 19.9. The normalized spacial score (nSPS) is 20.3. The average molecular weight is 1680 g/mol. The predicted octanol–water partition coefficient (Wildman–Crippen LogP) is 36.0. The first-order chi connectivity index (χ1) is 61.2. The van der Waals surface area contributed by atoms with Crippen LogP contribution in [-0.4, -0.2) is 19.9 Å². The van der Waals surface area contributed by atoms with Crippen molar-refractivity contribution in [2.24, 2.45) is 47.3 Å². The zero-order valence-electron chi connectivity index (χ0n) is 79.9. The summed E-state index contributed by atoms with van der Waals surface area (Å²) in [4.78, 5) is 19.8. The topological polar surface area (TPSA) is 70.0 Å². The molecule has 4 heterocycles. The molecule has 676 valence electrons. The molecular weight excluding hydrogens is 1510 g/mol. The lowest BCUT2D eigenvalue weighted by atomic mass is 9.74. The molecule has 0 N–H and O–H groups in total. The van der Waals surface area contributed by atoms with E-state index in [0.717, 1.165) is 72.1 Å². The smallest absolute Gasteiger partial charge is 0.0861 e. The van der Waals surface area contributed by atoms with Gasteiger partial charge in [0.15, 0.2) is 0 Å². The van der Waals surface area contributed by atoms with Crippen molar-refractivity contribution in [2.75, 3.05) is 0 Å². The van der Waals surface area contributed by atoms with Crippen LogP contribution in [0, 0.1) is 47.3 Å². The van der Waals surface area contributed by atoms with Crippen molar-refractivity contribution < 1.29 is 9.47 Å². The molecule has 124 heavy (non-hydrogen) atoms. The highest BCUT2D eigenvalue weighted by molar-refractivity contribution is 5.63. The summed E-state index contributed by atoms with van der Waals surface area (Å²) in [5.74, 6) is 5.65. The van der Waals surface area contributed by atoms with Crippen LogP contribution in [0.1, 0.15) is 445 Å². The quantitative estimate of drug-likeness (QED) is 0.0354. The first-order valence-corrected chi connectivity index (χ1v) is 52.7. The Bertz CT molecular complexity index is 3760. The van der Waals surface area contributed by atoms with E-state index in [9.17, 15) is 0 Å². The minimum absolute atomic E-state index is 0.0847. The van der Waals surface area contributed by atoms with Gasteiger partial charge in [-0.25, -0.2) is 0 Å². The zero-order chi connectivity index (χ0) is 86.4. The van der Waals surface area contributed by atoms with Gasteiger partial charge in [-0.1, -0.05) is 421 Å². The molecule has 8 aromatic rings. The molecule has 4 aliphatic rings. The molecule has 4 unspecified atom stereocenters. The Morgan fingerprint density at radius 1 is 0.210 bits per heavy atom. The second kappa shape index (κ2) is 56.7. The first kappa shape index (κ1) is 98.0. The van der Waals surface area contributed by atoms with Crippen molar-refractivity contribution in [2.45, 2.75) is 427 Å². The van der Waals surface area contributed by atoms with Gasteiger partial charge in [-0.15, -0.1) is 0 Å². The van der Waals surface area contributed by atoms with Crippen LogP contribution in [0.15, 0.2) is 170 Å². The maximum absolute atomic E-state index is 7.80. The average Bonchev–Trinajstić information content (AvgIpc) is 0.799. The maximum Gasteiger partial charge on any atom is 0.0861 e. The van der Waals surface area contributed by atoms with E-state index >= 15 is 0 Å². The van der Waals surface area contributed by atoms with Crippen LogP contribution in [-0.2, 0) is 35.2 Å². The van der Waals surface area contributed by atoms with E-state index in [-0.39, 0.29) is 24.4 Å². The fraction of sp³-hybridized carbons (Fsp3) is 0.627. The van der Waals surface area contributed by atoms with Crippen LogP contribution in [0.4, 0.5) is 0 Å². The summed E-state index contributed by atoms with van der Waals surface area (Å²) in [6, 6.07) is 55.8. The molecule has 6 nitrogen and oxygen atoms in total. The Labute approximate surface area is 758 Å².